The number of pyridine rings is 1. The molecule has 88 valence electrons. The smallest absolute Gasteiger partial charge is 0.182 e. The van der Waals surface area contributed by atoms with Crippen molar-refractivity contribution in [2.24, 2.45) is 0 Å². The van der Waals surface area contributed by atoms with Crippen LogP contribution in [-0.2, 0) is 0 Å². The zero-order valence-electron chi connectivity index (χ0n) is 9.70. The van der Waals surface area contributed by atoms with Crippen molar-refractivity contribution in [2.45, 2.75) is 13.8 Å². The predicted octanol–water partition coefficient (Wildman–Crippen LogP) is 2.18. The zero-order valence-corrected chi connectivity index (χ0v) is 9.70. The Hall–Kier alpha value is -2.10. The molecule has 4 heteroatoms. The molecular weight excluding hydrogens is 219 g/mol. The third-order valence-electron chi connectivity index (χ3n) is 2.64. The summed E-state index contributed by atoms with van der Waals surface area (Å²) in [4.78, 5) is 11.3. The zero-order chi connectivity index (χ0) is 12.6. The fourth-order valence-corrected chi connectivity index (χ4v) is 1.95. The SMILES string of the molecule is Cc1cc(=O)cc(C)n1-c1cc(F)ccc1N. The van der Waals surface area contributed by atoms with Gasteiger partial charge in [-0.2, -0.15) is 0 Å². The lowest BCUT2D eigenvalue weighted by Crippen LogP contribution is -2.12. The van der Waals surface area contributed by atoms with Crippen molar-refractivity contribution in [3.63, 3.8) is 0 Å². The van der Waals surface area contributed by atoms with Crippen LogP contribution in [-0.4, -0.2) is 4.57 Å². The Bertz CT molecular complexity index is 606. The lowest BCUT2D eigenvalue weighted by molar-refractivity contribution is 0.626. The molecule has 0 bridgehead atoms. The summed E-state index contributed by atoms with van der Waals surface area (Å²) in [5.41, 5.74) is 8.25. The van der Waals surface area contributed by atoms with E-state index in [9.17, 15) is 9.18 Å². The van der Waals surface area contributed by atoms with Gasteiger partial charge in [-0.25, -0.2) is 4.39 Å². The number of halogens is 1. The highest BCUT2D eigenvalue weighted by Crippen LogP contribution is 2.21. The molecule has 3 nitrogen and oxygen atoms in total. The molecule has 0 fully saturated rings. The molecule has 0 spiro atoms. The van der Waals surface area contributed by atoms with Gasteiger partial charge in [0, 0.05) is 23.5 Å². The van der Waals surface area contributed by atoms with E-state index in [1.807, 2.05) is 0 Å². The summed E-state index contributed by atoms with van der Waals surface area (Å²) in [6, 6.07) is 7.18. The quantitative estimate of drug-likeness (QED) is 0.766. The molecule has 0 aliphatic carbocycles. The molecule has 0 saturated carbocycles. The number of rotatable bonds is 1. The van der Waals surface area contributed by atoms with Gasteiger partial charge in [0.2, 0.25) is 0 Å². The first-order valence-corrected chi connectivity index (χ1v) is 5.25. The molecule has 0 radical (unpaired) electrons. The summed E-state index contributed by atoms with van der Waals surface area (Å²) in [6.07, 6.45) is 0. The molecule has 2 aromatic rings. The number of hydrogen-bond donors (Lipinski definition) is 1. The van der Waals surface area contributed by atoms with E-state index in [0.29, 0.717) is 11.4 Å². The van der Waals surface area contributed by atoms with Gasteiger partial charge in [0.15, 0.2) is 5.43 Å². The van der Waals surface area contributed by atoms with Crippen molar-refractivity contribution in [2.75, 3.05) is 5.73 Å². The number of aryl methyl sites for hydroxylation is 2. The molecule has 0 atom stereocenters. The molecular formula is C13H13FN2O. The molecule has 1 heterocycles. The van der Waals surface area contributed by atoms with Crippen LogP contribution in [0.1, 0.15) is 11.4 Å². The van der Waals surface area contributed by atoms with E-state index in [4.69, 9.17) is 5.73 Å². The minimum Gasteiger partial charge on any atom is -0.397 e. The number of nitrogen functional groups attached to an aromatic ring is 1. The molecule has 0 aliphatic rings. The van der Waals surface area contributed by atoms with Crippen LogP contribution in [0.25, 0.3) is 5.69 Å². The number of benzene rings is 1. The van der Waals surface area contributed by atoms with E-state index in [0.717, 1.165) is 11.4 Å². The fourth-order valence-electron chi connectivity index (χ4n) is 1.95. The maximum Gasteiger partial charge on any atom is 0.182 e. The van der Waals surface area contributed by atoms with Crippen LogP contribution < -0.4 is 11.2 Å². The second-order valence-corrected chi connectivity index (χ2v) is 4.01. The van der Waals surface area contributed by atoms with Crippen LogP contribution in [0, 0.1) is 19.7 Å². The Morgan fingerprint density at radius 2 is 1.71 bits per heavy atom. The second kappa shape index (κ2) is 4.05. The highest BCUT2D eigenvalue weighted by Gasteiger charge is 2.08. The highest BCUT2D eigenvalue weighted by molar-refractivity contribution is 5.59. The topological polar surface area (TPSA) is 48.0 Å². The molecule has 0 saturated heterocycles. The summed E-state index contributed by atoms with van der Waals surface area (Å²) < 4.78 is 15.0. The molecule has 1 aromatic carbocycles. The normalized spacial score (nSPS) is 10.5. The number of nitrogens with two attached hydrogens (primary N) is 1. The lowest BCUT2D eigenvalue weighted by atomic mass is 10.2. The minimum atomic E-state index is -0.355. The van der Waals surface area contributed by atoms with E-state index in [2.05, 4.69) is 0 Å². The van der Waals surface area contributed by atoms with Crippen LogP contribution in [0.4, 0.5) is 10.1 Å². The Morgan fingerprint density at radius 3 is 2.29 bits per heavy atom. The van der Waals surface area contributed by atoms with Crippen molar-refractivity contribution in [3.05, 3.63) is 57.8 Å². The van der Waals surface area contributed by atoms with Crippen LogP contribution in [0.2, 0.25) is 0 Å². The molecule has 1 aromatic heterocycles. The number of hydrogen-bond acceptors (Lipinski definition) is 2. The largest absolute Gasteiger partial charge is 0.397 e. The summed E-state index contributed by atoms with van der Waals surface area (Å²) in [5.74, 6) is -0.355. The van der Waals surface area contributed by atoms with Gasteiger partial charge < -0.3 is 10.3 Å². The summed E-state index contributed by atoms with van der Waals surface area (Å²) >= 11 is 0. The maximum absolute atomic E-state index is 13.2. The summed E-state index contributed by atoms with van der Waals surface area (Å²) in [7, 11) is 0. The number of aromatic nitrogens is 1. The van der Waals surface area contributed by atoms with Gasteiger partial charge in [-0.1, -0.05) is 0 Å². The Kier molecular flexibility index (Phi) is 2.71. The summed E-state index contributed by atoms with van der Waals surface area (Å²) in [5, 5.41) is 0. The second-order valence-electron chi connectivity index (χ2n) is 4.01. The van der Waals surface area contributed by atoms with Gasteiger partial charge in [-0.15, -0.1) is 0 Å². The lowest BCUT2D eigenvalue weighted by Gasteiger charge is -2.16. The van der Waals surface area contributed by atoms with E-state index in [-0.39, 0.29) is 11.2 Å². The van der Waals surface area contributed by atoms with Crippen molar-refractivity contribution in [1.82, 2.24) is 4.57 Å². The van der Waals surface area contributed by atoms with Gasteiger partial charge in [0.05, 0.1) is 11.4 Å². The van der Waals surface area contributed by atoms with Gasteiger partial charge in [0.25, 0.3) is 0 Å². The van der Waals surface area contributed by atoms with E-state index >= 15 is 0 Å². The third kappa shape index (κ3) is 2.06. The van der Waals surface area contributed by atoms with Crippen molar-refractivity contribution >= 4 is 5.69 Å². The molecule has 17 heavy (non-hydrogen) atoms. The Balaban J connectivity index is 2.77. The molecule has 0 unspecified atom stereocenters. The number of nitrogens with zero attached hydrogens (tertiary/aromatic N) is 1. The first-order chi connectivity index (χ1) is 7.99. The van der Waals surface area contributed by atoms with Gasteiger partial charge >= 0.3 is 0 Å². The number of anilines is 1. The summed E-state index contributed by atoms with van der Waals surface area (Å²) in [6.45, 7) is 3.58. The van der Waals surface area contributed by atoms with Crippen molar-refractivity contribution in [1.29, 1.82) is 0 Å². The van der Waals surface area contributed by atoms with Gasteiger partial charge in [-0.3, -0.25) is 4.79 Å². The van der Waals surface area contributed by atoms with Gasteiger partial charge in [0.1, 0.15) is 5.82 Å². The van der Waals surface area contributed by atoms with Crippen LogP contribution in [0.15, 0.2) is 35.1 Å². The first kappa shape index (κ1) is 11.4. The molecule has 0 aliphatic heterocycles. The monoisotopic (exact) mass is 232 g/mol. The third-order valence-corrected chi connectivity index (χ3v) is 2.64. The van der Waals surface area contributed by atoms with Gasteiger partial charge in [-0.05, 0) is 32.0 Å². The van der Waals surface area contributed by atoms with Crippen LogP contribution >= 0.6 is 0 Å². The maximum atomic E-state index is 13.2. The first-order valence-electron chi connectivity index (χ1n) is 5.25. The van der Waals surface area contributed by atoms with E-state index in [1.54, 1.807) is 18.4 Å². The Labute approximate surface area is 98.3 Å². The highest BCUT2D eigenvalue weighted by atomic mass is 19.1. The van der Waals surface area contributed by atoms with Crippen LogP contribution in [0.3, 0.4) is 0 Å². The standard InChI is InChI=1S/C13H13FN2O/c1-8-5-11(17)6-9(2)16(8)13-7-10(14)3-4-12(13)15/h3-7H,15H2,1-2H3. The van der Waals surface area contributed by atoms with Crippen molar-refractivity contribution in [3.8, 4) is 5.69 Å². The molecule has 0 amide bonds. The molecule has 2 N–H and O–H groups in total. The minimum absolute atomic E-state index is 0.0637. The fraction of sp³-hybridized carbons (Fsp3) is 0.154. The van der Waals surface area contributed by atoms with E-state index < -0.39 is 0 Å². The van der Waals surface area contributed by atoms with Crippen molar-refractivity contribution < 1.29 is 4.39 Å². The van der Waals surface area contributed by atoms with E-state index in [1.165, 1.54) is 30.3 Å². The molecule has 2 rings (SSSR count). The average molecular weight is 232 g/mol. The Morgan fingerprint density at radius 1 is 1.12 bits per heavy atom. The average Bonchev–Trinajstić information content (AvgIpc) is 2.21. The van der Waals surface area contributed by atoms with Crippen LogP contribution in [0.5, 0.6) is 0 Å². The predicted molar refractivity (Wildman–Crippen MR) is 65.9 cm³/mol.